The first-order chi connectivity index (χ1) is 22.6. The van der Waals surface area contributed by atoms with Crippen LogP contribution in [0, 0.1) is 0 Å². The SMILES string of the molecule is CCC(Sc1cccc(NC(=O)/C(=C\c2ccc(N(C)C)cc2)NC(=O)c2ccccc2)c1)C(=O)Nc1cc(Cl)c(OC)cc1OC. The monoisotopic (exact) mass is 672 g/mol. The number of nitrogens with one attached hydrogen (secondary N) is 3. The van der Waals surface area contributed by atoms with E-state index in [4.69, 9.17) is 21.1 Å². The van der Waals surface area contributed by atoms with Crippen LogP contribution in [0.15, 0.2) is 102 Å². The molecule has 0 aliphatic carbocycles. The van der Waals surface area contributed by atoms with Crippen molar-refractivity contribution in [3.8, 4) is 11.5 Å². The van der Waals surface area contributed by atoms with E-state index >= 15 is 0 Å². The predicted octanol–water partition coefficient (Wildman–Crippen LogP) is 7.34. The largest absolute Gasteiger partial charge is 0.495 e. The highest BCUT2D eigenvalue weighted by Crippen LogP contribution is 2.37. The Morgan fingerprint density at radius 3 is 2.21 bits per heavy atom. The number of carbonyl (C=O) groups excluding carboxylic acids is 3. The molecule has 0 aliphatic heterocycles. The van der Waals surface area contributed by atoms with E-state index in [2.05, 4.69) is 16.0 Å². The number of benzene rings is 4. The van der Waals surface area contributed by atoms with Gasteiger partial charge in [-0.15, -0.1) is 11.8 Å². The fraction of sp³-hybridized carbons (Fsp3) is 0.194. The maximum atomic E-state index is 13.6. The number of carbonyl (C=O) groups is 3. The number of halogens is 1. The molecule has 11 heteroatoms. The van der Waals surface area contributed by atoms with Gasteiger partial charge in [0.05, 0.1) is 30.2 Å². The summed E-state index contributed by atoms with van der Waals surface area (Å²) in [7, 11) is 6.89. The van der Waals surface area contributed by atoms with E-state index in [1.165, 1.54) is 26.0 Å². The number of ether oxygens (including phenoxy) is 2. The molecule has 244 valence electrons. The lowest BCUT2D eigenvalue weighted by atomic mass is 10.1. The third kappa shape index (κ3) is 9.54. The first kappa shape index (κ1) is 34.9. The van der Waals surface area contributed by atoms with Crippen LogP contribution in [0.4, 0.5) is 17.1 Å². The molecule has 3 amide bonds. The maximum absolute atomic E-state index is 13.6. The van der Waals surface area contributed by atoms with Crippen molar-refractivity contribution in [3.05, 3.63) is 113 Å². The minimum atomic E-state index is -0.499. The van der Waals surface area contributed by atoms with Crippen molar-refractivity contribution in [1.82, 2.24) is 5.32 Å². The molecule has 3 N–H and O–H groups in total. The average Bonchev–Trinajstić information content (AvgIpc) is 3.07. The number of thioether (sulfide) groups is 1. The zero-order chi connectivity index (χ0) is 33.9. The highest BCUT2D eigenvalue weighted by Gasteiger charge is 2.21. The van der Waals surface area contributed by atoms with Crippen molar-refractivity contribution in [2.24, 2.45) is 0 Å². The summed E-state index contributed by atoms with van der Waals surface area (Å²) in [4.78, 5) is 42.7. The lowest BCUT2D eigenvalue weighted by Crippen LogP contribution is -2.30. The van der Waals surface area contributed by atoms with Crippen molar-refractivity contribution in [2.75, 3.05) is 43.8 Å². The lowest BCUT2D eigenvalue weighted by molar-refractivity contribution is -0.116. The standard InChI is InChI=1S/C36H37ClN4O5S/c1-6-33(36(44)39-29-21-28(37)31(45-4)22-32(29)46-5)47-27-14-10-13-25(20-27)38-35(43)30(40-34(42)24-11-8-7-9-12-24)19-23-15-17-26(18-16-23)41(2)3/h7-22,33H,6H2,1-5H3,(H,38,43)(H,39,44)(H,40,42)/b30-19+. The first-order valence-corrected chi connectivity index (χ1v) is 16.0. The van der Waals surface area contributed by atoms with Crippen molar-refractivity contribution < 1.29 is 23.9 Å². The maximum Gasteiger partial charge on any atom is 0.272 e. The number of anilines is 3. The summed E-state index contributed by atoms with van der Waals surface area (Å²) in [6.07, 6.45) is 2.16. The topological polar surface area (TPSA) is 109 Å². The van der Waals surface area contributed by atoms with Gasteiger partial charge in [-0.3, -0.25) is 14.4 Å². The number of rotatable bonds is 13. The van der Waals surface area contributed by atoms with Crippen LogP contribution < -0.4 is 30.3 Å². The molecule has 4 aromatic carbocycles. The normalized spacial score (nSPS) is 11.7. The van der Waals surface area contributed by atoms with Crippen molar-refractivity contribution in [2.45, 2.75) is 23.5 Å². The van der Waals surface area contributed by atoms with E-state index in [-0.39, 0.29) is 11.6 Å². The molecule has 0 saturated carbocycles. The Morgan fingerprint density at radius 1 is 0.872 bits per heavy atom. The second-order valence-electron chi connectivity index (χ2n) is 10.5. The van der Waals surface area contributed by atoms with Crippen molar-refractivity contribution in [1.29, 1.82) is 0 Å². The fourth-order valence-corrected chi connectivity index (χ4v) is 5.73. The third-order valence-electron chi connectivity index (χ3n) is 7.01. The van der Waals surface area contributed by atoms with E-state index < -0.39 is 17.1 Å². The second kappa shape index (κ2) is 16.6. The number of nitrogens with zero attached hydrogens (tertiary/aromatic N) is 1. The van der Waals surface area contributed by atoms with Gasteiger partial charge in [0.15, 0.2) is 0 Å². The van der Waals surface area contributed by atoms with Gasteiger partial charge in [-0.05, 0) is 66.6 Å². The van der Waals surface area contributed by atoms with Crippen LogP contribution in [0.1, 0.15) is 29.3 Å². The molecule has 0 aromatic heterocycles. The zero-order valence-corrected chi connectivity index (χ0v) is 28.4. The summed E-state index contributed by atoms with van der Waals surface area (Å²) in [6, 6.07) is 26.7. The molecule has 0 spiro atoms. The molecule has 0 bridgehead atoms. The molecule has 0 radical (unpaired) electrons. The lowest BCUT2D eigenvalue weighted by Gasteiger charge is -2.18. The van der Waals surface area contributed by atoms with Crippen molar-refractivity contribution in [3.63, 3.8) is 0 Å². The van der Waals surface area contributed by atoms with Gasteiger partial charge in [0.25, 0.3) is 11.8 Å². The van der Waals surface area contributed by atoms with Crippen LogP contribution in [-0.4, -0.2) is 51.3 Å². The Morgan fingerprint density at radius 2 is 1.57 bits per heavy atom. The van der Waals surface area contributed by atoms with Crippen LogP contribution in [0.3, 0.4) is 0 Å². The Balaban J connectivity index is 1.52. The van der Waals surface area contributed by atoms with Crippen LogP contribution in [0.2, 0.25) is 5.02 Å². The number of hydrogen-bond donors (Lipinski definition) is 3. The Kier molecular flexibility index (Phi) is 12.3. The average molecular weight is 673 g/mol. The number of hydrogen-bond acceptors (Lipinski definition) is 7. The number of methoxy groups -OCH3 is 2. The Bertz CT molecular complexity index is 1750. The molecule has 47 heavy (non-hydrogen) atoms. The summed E-state index contributed by atoms with van der Waals surface area (Å²) in [5, 5.41) is 8.45. The van der Waals surface area contributed by atoms with Gasteiger partial charge in [-0.25, -0.2) is 0 Å². The van der Waals surface area contributed by atoms with Crippen molar-refractivity contribution >= 4 is 64.2 Å². The summed E-state index contributed by atoms with van der Waals surface area (Å²) in [5.41, 5.74) is 3.17. The molecule has 0 fully saturated rings. The quantitative estimate of drug-likeness (QED) is 0.101. The highest BCUT2D eigenvalue weighted by molar-refractivity contribution is 8.00. The van der Waals surface area contributed by atoms with E-state index in [1.54, 1.807) is 60.7 Å². The molecule has 4 rings (SSSR count). The van der Waals surface area contributed by atoms with Gasteiger partial charge in [0.2, 0.25) is 5.91 Å². The summed E-state index contributed by atoms with van der Waals surface area (Å²) >= 11 is 7.64. The number of amides is 3. The summed E-state index contributed by atoms with van der Waals surface area (Å²) in [5.74, 6) is -0.294. The Labute approximate surface area is 284 Å². The minimum absolute atomic E-state index is 0.0763. The smallest absolute Gasteiger partial charge is 0.272 e. The van der Waals surface area contributed by atoms with E-state index in [0.717, 1.165) is 16.1 Å². The van der Waals surface area contributed by atoms with Gasteiger partial charge in [-0.1, -0.05) is 54.9 Å². The predicted molar refractivity (Wildman–Crippen MR) is 191 cm³/mol. The molecule has 0 aliphatic rings. The molecule has 0 saturated heterocycles. The van der Waals surface area contributed by atoms with Crippen LogP contribution in [0.5, 0.6) is 11.5 Å². The van der Waals surface area contributed by atoms with E-state index in [9.17, 15) is 14.4 Å². The molecule has 1 unspecified atom stereocenters. The van der Waals surface area contributed by atoms with Gasteiger partial charge < -0.3 is 30.3 Å². The first-order valence-electron chi connectivity index (χ1n) is 14.8. The summed E-state index contributed by atoms with van der Waals surface area (Å²) < 4.78 is 10.7. The van der Waals surface area contributed by atoms with Gasteiger partial charge >= 0.3 is 0 Å². The Hall–Kier alpha value is -4.93. The second-order valence-corrected chi connectivity index (χ2v) is 12.2. The molecule has 9 nitrogen and oxygen atoms in total. The third-order valence-corrected chi connectivity index (χ3v) is 8.67. The zero-order valence-electron chi connectivity index (χ0n) is 26.8. The summed E-state index contributed by atoms with van der Waals surface area (Å²) in [6.45, 7) is 1.92. The highest BCUT2D eigenvalue weighted by atomic mass is 35.5. The van der Waals surface area contributed by atoms with Gasteiger partial charge in [0, 0.05) is 42.0 Å². The van der Waals surface area contributed by atoms with Crippen LogP contribution in [-0.2, 0) is 9.59 Å². The van der Waals surface area contributed by atoms with Crippen LogP contribution in [0.25, 0.3) is 6.08 Å². The molecular weight excluding hydrogens is 636 g/mol. The fourth-order valence-electron chi connectivity index (χ4n) is 4.48. The van der Waals surface area contributed by atoms with Gasteiger partial charge in [0.1, 0.15) is 17.2 Å². The minimum Gasteiger partial charge on any atom is -0.495 e. The molecule has 0 heterocycles. The van der Waals surface area contributed by atoms with Gasteiger partial charge in [-0.2, -0.15) is 0 Å². The molecule has 1 atom stereocenters. The molecular formula is C36H37ClN4O5S. The van der Waals surface area contributed by atoms with E-state index in [1.807, 2.05) is 62.3 Å². The molecule has 4 aromatic rings. The van der Waals surface area contributed by atoms with Crippen LogP contribution >= 0.6 is 23.4 Å². The van der Waals surface area contributed by atoms with E-state index in [0.29, 0.717) is 39.9 Å².